The molecule has 202 valence electrons. The van der Waals surface area contributed by atoms with Crippen molar-refractivity contribution in [3.63, 3.8) is 0 Å². The number of esters is 1. The molecule has 1 unspecified atom stereocenters. The first-order valence-corrected chi connectivity index (χ1v) is 12.4. The lowest BCUT2D eigenvalue weighted by molar-refractivity contribution is -0.140. The number of aliphatic hydroxyl groups is 1. The molecule has 38 heavy (non-hydrogen) atoms. The van der Waals surface area contributed by atoms with Gasteiger partial charge in [0.25, 0.3) is 0 Å². The molecule has 1 fully saturated rings. The third kappa shape index (κ3) is 5.53. The van der Waals surface area contributed by atoms with Gasteiger partial charge in [0, 0.05) is 11.1 Å². The second-order valence-electron chi connectivity index (χ2n) is 9.34. The van der Waals surface area contributed by atoms with E-state index in [4.69, 9.17) is 9.47 Å². The molecule has 0 amide bonds. The zero-order valence-corrected chi connectivity index (χ0v) is 20.9. The van der Waals surface area contributed by atoms with E-state index in [1.807, 2.05) is 0 Å². The van der Waals surface area contributed by atoms with Crippen LogP contribution >= 0.6 is 0 Å². The summed E-state index contributed by atoms with van der Waals surface area (Å²) in [5.74, 6) is -7.74. The summed E-state index contributed by atoms with van der Waals surface area (Å²) in [7, 11) is 0. The third-order valence-corrected chi connectivity index (χ3v) is 6.90. The average molecular weight is 535 g/mol. The lowest BCUT2D eigenvalue weighted by atomic mass is 9.78. The van der Waals surface area contributed by atoms with E-state index < -0.39 is 52.8 Å². The zero-order chi connectivity index (χ0) is 27.6. The molecule has 4 nitrogen and oxygen atoms in total. The van der Waals surface area contributed by atoms with Crippen molar-refractivity contribution >= 4 is 5.97 Å². The first-order chi connectivity index (χ1) is 18.1. The van der Waals surface area contributed by atoms with Crippen LogP contribution < -0.4 is 9.47 Å². The maximum atomic E-state index is 15.0. The van der Waals surface area contributed by atoms with E-state index in [1.54, 1.807) is 6.92 Å². The Morgan fingerprint density at radius 1 is 0.895 bits per heavy atom. The molecule has 0 aromatic heterocycles. The highest BCUT2D eigenvalue weighted by atomic mass is 19.2. The summed E-state index contributed by atoms with van der Waals surface area (Å²) in [4.78, 5) is 12.6. The fraction of sp³-hybridized carbons (Fsp3) is 0.345. The van der Waals surface area contributed by atoms with Gasteiger partial charge in [-0.05, 0) is 86.9 Å². The Kier molecular flexibility index (Phi) is 8.35. The average Bonchev–Trinajstić information content (AvgIpc) is 2.89. The number of ether oxygens (including phenoxy) is 2. The number of rotatable bonds is 7. The predicted molar refractivity (Wildman–Crippen MR) is 130 cm³/mol. The van der Waals surface area contributed by atoms with Crippen molar-refractivity contribution in [2.75, 3.05) is 6.61 Å². The van der Waals surface area contributed by atoms with Crippen LogP contribution in [0.1, 0.15) is 62.7 Å². The number of hydrogen-bond acceptors (Lipinski definition) is 4. The molecule has 1 N–H and O–H groups in total. The molecule has 1 saturated carbocycles. The van der Waals surface area contributed by atoms with Gasteiger partial charge in [0.15, 0.2) is 23.1 Å². The highest BCUT2D eigenvalue weighted by molar-refractivity contribution is 5.75. The van der Waals surface area contributed by atoms with Crippen LogP contribution in [0, 0.1) is 35.0 Å². The SMILES string of the molecule is CCOc1ccc(-c2ccc(C3CCC(C(=O)Oc4ccc(C(C)O)c(F)c4F)CC3)c(F)c2)c(F)c1F. The van der Waals surface area contributed by atoms with Gasteiger partial charge in [-0.3, -0.25) is 4.79 Å². The second-order valence-corrected chi connectivity index (χ2v) is 9.34. The summed E-state index contributed by atoms with van der Waals surface area (Å²) in [5, 5.41) is 9.49. The fourth-order valence-corrected chi connectivity index (χ4v) is 4.83. The van der Waals surface area contributed by atoms with Crippen molar-refractivity contribution in [1.29, 1.82) is 0 Å². The predicted octanol–water partition coefficient (Wildman–Crippen LogP) is 7.38. The standard InChI is InChI=1S/C29H27F5O4/c1-3-37-23-12-11-21(26(32)27(23)33)18-8-9-20(22(30)14-18)16-4-6-17(7-5-16)29(36)38-24-13-10-19(15(2)35)25(31)28(24)34/h8-17,35H,3-7H2,1-2H3. The monoisotopic (exact) mass is 534 g/mol. The van der Waals surface area contributed by atoms with Crippen LogP contribution in [0.25, 0.3) is 11.1 Å². The third-order valence-electron chi connectivity index (χ3n) is 6.90. The minimum atomic E-state index is -1.35. The molecular formula is C29H27F5O4. The Hall–Kier alpha value is -3.46. The van der Waals surface area contributed by atoms with Crippen molar-refractivity contribution in [3.05, 3.63) is 82.7 Å². The van der Waals surface area contributed by atoms with E-state index >= 15 is 4.39 Å². The zero-order valence-electron chi connectivity index (χ0n) is 20.9. The number of aliphatic hydroxyl groups excluding tert-OH is 1. The van der Waals surface area contributed by atoms with E-state index in [0.717, 1.165) is 18.2 Å². The largest absolute Gasteiger partial charge is 0.491 e. The van der Waals surface area contributed by atoms with E-state index in [9.17, 15) is 27.5 Å². The number of halogens is 5. The molecule has 0 radical (unpaired) electrons. The van der Waals surface area contributed by atoms with Crippen LogP contribution in [0.3, 0.4) is 0 Å². The van der Waals surface area contributed by atoms with E-state index in [1.165, 1.54) is 31.2 Å². The van der Waals surface area contributed by atoms with Gasteiger partial charge in [0.2, 0.25) is 11.6 Å². The minimum absolute atomic E-state index is 0.0898. The molecule has 4 rings (SSSR count). The fourth-order valence-electron chi connectivity index (χ4n) is 4.83. The van der Waals surface area contributed by atoms with Crippen molar-refractivity contribution in [1.82, 2.24) is 0 Å². The van der Waals surface area contributed by atoms with E-state index in [0.29, 0.717) is 31.2 Å². The van der Waals surface area contributed by atoms with Gasteiger partial charge < -0.3 is 14.6 Å². The van der Waals surface area contributed by atoms with Gasteiger partial charge in [-0.25, -0.2) is 13.2 Å². The molecule has 9 heteroatoms. The Morgan fingerprint density at radius 2 is 1.55 bits per heavy atom. The summed E-state index contributed by atoms with van der Waals surface area (Å²) in [6.07, 6.45) is 0.360. The summed E-state index contributed by atoms with van der Waals surface area (Å²) in [6.45, 7) is 3.11. The quantitative estimate of drug-likeness (QED) is 0.195. The molecule has 1 aliphatic carbocycles. The molecule has 0 heterocycles. The molecule has 1 aliphatic rings. The van der Waals surface area contributed by atoms with Crippen LogP contribution in [-0.2, 0) is 4.79 Å². The molecule has 0 bridgehead atoms. The van der Waals surface area contributed by atoms with E-state index in [-0.39, 0.29) is 35.0 Å². The van der Waals surface area contributed by atoms with Gasteiger partial charge in [-0.2, -0.15) is 8.78 Å². The highest BCUT2D eigenvalue weighted by Gasteiger charge is 2.31. The Labute approximate surface area is 217 Å². The topological polar surface area (TPSA) is 55.8 Å². The summed E-state index contributed by atoms with van der Waals surface area (Å²) in [6, 6.07) is 9.09. The Bertz CT molecular complexity index is 1330. The second kappa shape index (κ2) is 11.5. The molecular weight excluding hydrogens is 507 g/mol. The van der Waals surface area contributed by atoms with Crippen molar-refractivity contribution in [2.45, 2.75) is 51.6 Å². The molecule has 0 aliphatic heterocycles. The number of carbonyl (C=O) groups is 1. The molecule has 3 aromatic carbocycles. The van der Waals surface area contributed by atoms with Crippen LogP contribution in [0.5, 0.6) is 11.5 Å². The normalized spacial score (nSPS) is 18.2. The van der Waals surface area contributed by atoms with Crippen LogP contribution in [0.2, 0.25) is 0 Å². The summed E-state index contributed by atoms with van der Waals surface area (Å²) >= 11 is 0. The maximum Gasteiger partial charge on any atom is 0.314 e. The molecule has 0 saturated heterocycles. The smallest absolute Gasteiger partial charge is 0.314 e. The van der Waals surface area contributed by atoms with Crippen LogP contribution in [0.4, 0.5) is 22.0 Å². The number of carbonyl (C=O) groups excluding carboxylic acids is 1. The van der Waals surface area contributed by atoms with Gasteiger partial charge in [0.05, 0.1) is 18.6 Å². The molecule has 3 aromatic rings. The number of benzene rings is 3. The van der Waals surface area contributed by atoms with Gasteiger partial charge in [0.1, 0.15) is 5.82 Å². The van der Waals surface area contributed by atoms with Crippen molar-refractivity contribution in [3.8, 4) is 22.6 Å². The van der Waals surface area contributed by atoms with Crippen LogP contribution in [0.15, 0.2) is 42.5 Å². The van der Waals surface area contributed by atoms with Crippen molar-refractivity contribution < 1.29 is 41.3 Å². The summed E-state index contributed by atoms with van der Waals surface area (Å²) < 4.78 is 82.4. The van der Waals surface area contributed by atoms with E-state index in [2.05, 4.69) is 0 Å². The first kappa shape index (κ1) is 27.6. The number of hydrogen-bond donors (Lipinski definition) is 1. The highest BCUT2D eigenvalue weighted by Crippen LogP contribution is 2.39. The minimum Gasteiger partial charge on any atom is -0.491 e. The van der Waals surface area contributed by atoms with Crippen LogP contribution in [-0.4, -0.2) is 17.7 Å². The molecule has 1 atom stereocenters. The lowest BCUT2D eigenvalue weighted by Crippen LogP contribution is -2.26. The summed E-state index contributed by atoms with van der Waals surface area (Å²) in [5.41, 5.74) is 0.243. The maximum absolute atomic E-state index is 15.0. The van der Waals surface area contributed by atoms with Gasteiger partial charge >= 0.3 is 5.97 Å². The first-order valence-electron chi connectivity index (χ1n) is 12.4. The van der Waals surface area contributed by atoms with Gasteiger partial charge in [-0.1, -0.05) is 12.1 Å². The Balaban J connectivity index is 1.42. The molecule has 0 spiro atoms. The van der Waals surface area contributed by atoms with Crippen molar-refractivity contribution in [2.24, 2.45) is 5.92 Å². The lowest BCUT2D eigenvalue weighted by Gasteiger charge is -2.28. The van der Waals surface area contributed by atoms with Gasteiger partial charge in [-0.15, -0.1) is 0 Å². The Morgan fingerprint density at radius 3 is 2.18 bits per heavy atom.